The maximum Gasteiger partial charge on any atom is 0.408 e. The number of sulfone groups is 1. The molecule has 1 fully saturated rings. The lowest BCUT2D eigenvalue weighted by molar-refractivity contribution is -0.110. The van der Waals surface area contributed by atoms with Crippen molar-refractivity contribution in [2.24, 2.45) is 0 Å². The average molecular weight is 388 g/mol. The molecule has 3 atom stereocenters. The van der Waals surface area contributed by atoms with Crippen molar-refractivity contribution in [3.8, 4) is 0 Å². The lowest BCUT2D eigenvalue weighted by Crippen LogP contribution is -2.45. The number of hydrogen-bond acceptors (Lipinski definition) is 5. The predicted molar refractivity (Wildman–Crippen MR) is 95.6 cm³/mol. The average Bonchev–Trinajstić information content (AvgIpc) is 3.15. The quantitative estimate of drug-likeness (QED) is 0.784. The van der Waals surface area contributed by atoms with Gasteiger partial charge in [0.2, 0.25) is 0 Å². The zero-order valence-corrected chi connectivity index (χ0v) is 16.1. The van der Waals surface area contributed by atoms with E-state index in [1.807, 2.05) is 0 Å². The third kappa shape index (κ3) is 3.98. The summed E-state index contributed by atoms with van der Waals surface area (Å²) in [5.41, 5.74) is -1.68. The zero-order valence-electron chi connectivity index (χ0n) is 14.6. The molecule has 138 valence electrons. The maximum absolute atomic E-state index is 12.5. The number of rotatable bonds is 5. The molecule has 1 aliphatic rings. The van der Waals surface area contributed by atoms with Gasteiger partial charge in [-0.2, -0.15) is 0 Å². The highest BCUT2D eigenvalue weighted by atomic mass is 35.5. The molecule has 2 rings (SSSR count). The number of alkyl carbamates (subject to hydrolysis) is 1. The van der Waals surface area contributed by atoms with Crippen LogP contribution in [0.3, 0.4) is 0 Å². The van der Waals surface area contributed by atoms with Gasteiger partial charge in [0, 0.05) is 16.7 Å². The van der Waals surface area contributed by atoms with Crippen LogP contribution in [0.5, 0.6) is 0 Å². The van der Waals surface area contributed by atoms with E-state index in [-0.39, 0.29) is 5.75 Å². The molecule has 1 aliphatic carbocycles. The van der Waals surface area contributed by atoms with Gasteiger partial charge in [-0.05, 0) is 38.5 Å². The fraction of sp³-hybridized carbons (Fsp3) is 0.529. The van der Waals surface area contributed by atoms with Crippen molar-refractivity contribution in [3.05, 3.63) is 34.9 Å². The fourth-order valence-corrected chi connectivity index (χ4v) is 5.04. The Bertz CT molecular complexity index is 769. The molecule has 1 saturated carbocycles. The first-order valence-corrected chi connectivity index (χ1v) is 10.0. The van der Waals surface area contributed by atoms with Gasteiger partial charge in [-0.3, -0.25) is 0 Å². The van der Waals surface area contributed by atoms with Gasteiger partial charge in [-0.15, -0.1) is 0 Å². The van der Waals surface area contributed by atoms with Gasteiger partial charge in [0.05, 0.1) is 0 Å². The van der Waals surface area contributed by atoms with Crippen LogP contribution in [0.1, 0.15) is 39.2 Å². The molecular weight excluding hydrogens is 366 g/mol. The molecule has 0 aromatic heterocycles. The molecule has 1 aromatic carbocycles. The minimum Gasteiger partial charge on any atom is -0.444 e. The van der Waals surface area contributed by atoms with Crippen LogP contribution in [0.4, 0.5) is 4.79 Å². The molecule has 0 spiro atoms. The number of nitrogens with one attached hydrogen (secondary N) is 1. The molecule has 0 heterocycles. The number of carbonyl (C=O) groups is 2. The summed E-state index contributed by atoms with van der Waals surface area (Å²) in [6.45, 7) is 6.56. The van der Waals surface area contributed by atoms with Gasteiger partial charge in [-0.1, -0.05) is 30.7 Å². The number of ether oxygens (including phenoxy) is 1. The van der Waals surface area contributed by atoms with Crippen LogP contribution in [0.15, 0.2) is 24.3 Å². The Kier molecular flexibility index (Phi) is 5.21. The Labute approximate surface area is 152 Å². The first-order chi connectivity index (χ1) is 11.5. The molecule has 8 heteroatoms. The van der Waals surface area contributed by atoms with Crippen LogP contribution in [0.25, 0.3) is 0 Å². The van der Waals surface area contributed by atoms with Gasteiger partial charge in [0.15, 0.2) is 9.84 Å². The largest absolute Gasteiger partial charge is 0.444 e. The highest BCUT2D eigenvalue weighted by Gasteiger charge is 2.72. The van der Waals surface area contributed by atoms with Crippen molar-refractivity contribution in [2.45, 2.75) is 50.0 Å². The van der Waals surface area contributed by atoms with E-state index >= 15 is 0 Å². The maximum atomic E-state index is 12.5. The Morgan fingerprint density at radius 2 is 1.88 bits per heavy atom. The molecule has 6 nitrogen and oxygen atoms in total. The molecule has 0 radical (unpaired) electrons. The Balaban J connectivity index is 2.40. The highest BCUT2D eigenvalue weighted by molar-refractivity contribution is 7.92. The van der Waals surface area contributed by atoms with Gasteiger partial charge in [0.1, 0.15) is 22.7 Å². The molecule has 25 heavy (non-hydrogen) atoms. The summed E-state index contributed by atoms with van der Waals surface area (Å²) < 4.78 is 30.1. The third-order valence-corrected chi connectivity index (χ3v) is 6.60. The van der Waals surface area contributed by atoms with Crippen molar-refractivity contribution < 1.29 is 22.7 Å². The van der Waals surface area contributed by atoms with E-state index in [4.69, 9.17) is 16.3 Å². The van der Waals surface area contributed by atoms with Gasteiger partial charge in [-0.25, -0.2) is 13.2 Å². The summed E-state index contributed by atoms with van der Waals surface area (Å²) in [6, 6.07) is 6.56. The van der Waals surface area contributed by atoms with Gasteiger partial charge >= 0.3 is 6.09 Å². The fourth-order valence-electron chi connectivity index (χ4n) is 2.98. The van der Waals surface area contributed by atoms with Crippen molar-refractivity contribution in [2.75, 3.05) is 5.75 Å². The summed E-state index contributed by atoms with van der Waals surface area (Å²) in [7, 11) is -3.58. The number of benzene rings is 1. The van der Waals surface area contributed by atoms with Gasteiger partial charge < -0.3 is 14.8 Å². The Hall–Kier alpha value is -1.60. The van der Waals surface area contributed by atoms with Crippen molar-refractivity contribution in [3.63, 3.8) is 0 Å². The number of carbonyl (C=O) groups excluding carboxylic acids is 2. The Morgan fingerprint density at radius 1 is 1.32 bits per heavy atom. The monoisotopic (exact) mass is 387 g/mol. The topological polar surface area (TPSA) is 89.5 Å². The van der Waals surface area contributed by atoms with E-state index < -0.39 is 38.2 Å². The summed E-state index contributed by atoms with van der Waals surface area (Å²) >= 11 is 5.87. The number of halogens is 1. The van der Waals surface area contributed by atoms with Gasteiger partial charge in [0.25, 0.3) is 0 Å². The molecule has 1 aromatic rings. The SMILES string of the molecule is CCS(=O)(=O)[C@H]1[C@@H](c2ccc(Cl)cc2)[C@@]1(C=O)NC(=O)OC(C)(C)C. The number of aldehydes is 1. The van der Waals surface area contributed by atoms with Crippen molar-refractivity contribution in [1.82, 2.24) is 5.32 Å². The minimum absolute atomic E-state index is 0.132. The summed E-state index contributed by atoms with van der Waals surface area (Å²) in [5, 5.41) is 1.95. The zero-order chi connectivity index (χ0) is 19.0. The minimum atomic E-state index is -3.58. The summed E-state index contributed by atoms with van der Waals surface area (Å²) in [4.78, 5) is 24.0. The number of amides is 1. The highest BCUT2D eigenvalue weighted by Crippen LogP contribution is 2.55. The Morgan fingerprint density at radius 3 is 2.32 bits per heavy atom. The molecule has 1 amide bonds. The van der Waals surface area contributed by atoms with Crippen LogP contribution >= 0.6 is 11.6 Å². The molecule has 0 saturated heterocycles. The molecule has 0 unspecified atom stereocenters. The summed E-state index contributed by atoms with van der Waals surface area (Å²) in [5.74, 6) is -0.812. The van der Waals surface area contributed by atoms with Crippen LogP contribution in [0.2, 0.25) is 5.02 Å². The van der Waals surface area contributed by atoms with E-state index in [2.05, 4.69) is 5.32 Å². The first-order valence-electron chi connectivity index (χ1n) is 7.91. The second kappa shape index (κ2) is 6.61. The molecule has 0 bridgehead atoms. The predicted octanol–water partition coefficient (Wildman–Crippen LogP) is 2.70. The lowest BCUT2D eigenvalue weighted by Gasteiger charge is -2.22. The normalized spacial score (nSPS) is 26.0. The van der Waals surface area contributed by atoms with Crippen LogP contribution < -0.4 is 5.32 Å². The van der Waals surface area contributed by atoms with Crippen LogP contribution in [-0.2, 0) is 19.4 Å². The van der Waals surface area contributed by atoms with E-state index in [1.54, 1.807) is 45.0 Å². The lowest BCUT2D eigenvalue weighted by atomic mass is 10.1. The second-order valence-corrected chi connectivity index (χ2v) is 9.93. The molecular formula is C17H22ClNO5S. The van der Waals surface area contributed by atoms with E-state index in [0.29, 0.717) is 16.9 Å². The summed E-state index contributed by atoms with van der Waals surface area (Å²) in [6.07, 6.45) is -0.332. The first kappa shape index (κ1) is 19.7. The number of hydrogen-bond donors (Lipinski definition) is 1. The second-order valence-electron chi connectivity index (χ2n) is 7.08. The smallest absolute Gasteiger partial charge is 0.408 e. The third-order valence-electron chi connectivity index (χ3n) is 4.11. The van der Waals surface area contributed by atoms with Crippen LogP contribution in [-0.4, -0.2) is 42.9 Å². The van der Waals surface area contributed by atoms with Crippen LogP contribution in [0, 0.1) is 0 Å². The van der Waals surface area contributed by atoms with E-state index in [9.17, 15) is 18.0 Å². The molecule has 0 aliphatic heterocycles. The standard InChI is InChI=1S/C17H22ClNO5S/c1-5-25(22,23)14-13(11-6-8-12(18)9-7-11)17(14,10-20)19-15(21)24-16(2,3)4/h6-10,13-14H,5H2,1-4H3,(H,19,21)/t13-,14+,17-/m1/s1. The van der Waals surface area contributed by atoms with Crippen molar-refractivity contribution in [1.29, 1.82) is 0 Å². The molecule has 1 N–H and O–H groups in total. The van der Waals surface area contributed by atoms with Crippen molar-refractivity contribution >= 4 is 33.8 Å². The van der Waals surface area contributed by atoms with E-state index in [1.165, 1.54) is 6.92 Å². The van der Waals surface area contributed by atoms with E-state index in [0.717, 1.165) is 0 Å².